The average molecular weight is 268 g/mol. The standard InChI is InChI=1S/C16H28O3/c1-14(2)7-9-16(10-8-14,13(17)18)11-12-5-6-15(3,4)19-12/h12H,5-11H2,1-4H3,(H,17,18). The summed E-state index contributed by atoms with van der Waals surface area (Å²) in [5.74, 6) is -0.615. The Kier molecular flexibility index (Phi) is 3.72. The molecule has 3 heteroatoms. The van der Waals surface area contributed by atoms with Gasteiger partial charge in [-0.1, -0.05) is 13.8 Å². The normalized spacial score (nSPS) is 32.1. The molecular weight excluding hydrogens is 240 g/mol. The van der Waals surface area contributed by atoms with Crippen molar-refractivity contribution in [2.24, 2.45) is 10.8 Å². The Hall–Kier alpha value is -0.570. The number of hydrogen-bond donors (Lipinski definition) is 1. The predicted molar refractivity (Wildman–Crippen MR) is 75.1 cm³/mol. The molecule has 2 fully saturated rings. The topological polar surface area (TPSA) is 46.5 Å². The van der Waals surface area contributed by atoms with Gasteiger partial charge >= 0.3 is 5.97 Å². The molecule has 0 aromatic heterocycles. The minimum absolute atomic E-state index is 0.0711. The third-order valence-corrected chi connectivity index (χ3v) is 5.19. The van der Waals surface area contributed by atoms with E-state index in [1.807, 2.05) is 0 Å². The van der Waals surface area contributed by atoms with Crippen molar-refractivity contribution in [3.8, 4) is 0 Å². The molecule has 1 saturated carbocycles. The molecule has 3 nitrogen and oxygen atoms in total. The van der Waals surface area contributed by atoms with Crippen molar-refractivity contribution in [3.05, 3.63) is 0 Å². The molecule has 1 unspecified atom stereocenters. The molecule has 0 amide bonds. The maximum Gasteiger partial charge on any atom is 0.309 e. The van der Waals surface area contributed by atoms with Gasteiger partial charge in [0.25, 0.3) is 0 Å². The summed E-state index contributed by atoms with van der Waals surface area (Å²) in [6.45, 7) is 8.69. The van der Waals surface area contributed by atoms with E-state index in [1.54, 1.807) is 0 Å². The van der Waals surface area contributed by atoms with Crippen LogP contribution in [0.4, 0.5) is 0 Å². The van der Waals surface area contributed by atoms with Gasteiger partial charge in [-0.25, -0.2) is 0 Å². The SMILES string of the molecule is CC1(C)CCC(CC2CCC(C)(C)O2)(C(=O)O)CC1. The van der Waals surface area contributed by atoms with Crippen molar-refractivity contribution in [1.29, 1.82) is 0 Å². The van der Waals surface area contributed by atoms with Crippen LogP contribution in [0.3, 0.4) is 0 Å². The Morgan fingerprint density at radius 3 is 2.11 bits per heavy atom. The van der Waals surface area contributed by atoms with Gasteiger partial charge in [-0.15, -0.1) is 0 Å². The number of carboxylic acid groups (broad SMARTS) is 1. The summed E-state index contributed by atoms with van der Waals surface area (Å²) in [5, 5.41) is 9.69. The molecule has 0 spiro atoms. The summed E-state index contributed by atoms with van der Waals surface area (Å²) in [7, 11) is 0. The summed E-state index contributed by atoms with van der Waals surface area (Å²) >= 11 is 0. The van der Waals surface area contributed by atoms with Crippen molar-refractivity contribution >= 4 is 5.97 Å². The fourth-order valence-electron chi connectivity index (χ4n) is 3.57. The Bertz CT molecular complexity index is 347. The van der Waals surface area contributed by atoms with Crippen LogP contribution in [-0.2, 0) is 9.53 Å². The molecule has 19 heavy (non-hydrogen) atoms. The molecule has 1 N–H and O–H groups in total. The van der Waals surface area contributed by atoms with Crippen LogP contribution in [0.1, 0.15) is 72.6 Å². The molecule has 1 saturated heterocycles. The first-order chi connectivity index (χ1) is 8.64. The van der Waals surface area contributed by atoms with E-state index in [0.29, 0.717) is 11.8 Å². The van der Waals surface area contributed by atoms with Crippen molar-refractivity contribution < 1.29 is 14.6 Å². The minimum Gasteiger partial charge on any atom is -0.481 e. The maximum atomic E-state index is 11.8. The van der Waals surface area contributed by atoms with Crippen LogP contribution in [-0.4, -0.2) is 22.8 Å². The van der Waals surface area contributed by atoms with Crippen LogP contribution in [0.25, 0.3) is 0 Å². The van der Waals surface area contributed by atoms with Gasteiger partial charge in [0, 0.05) is 0 Å². The van der Waals surface area contributed by atoms with E-state index in [4.69, 9.17) is 4.74 Å². The highest BCUT2D eigenvalue weighted by molar-refractivity contribution is 5.74. The van der Waals surface area contributed by atoms with Crippen molar-refractivity contribution in [1.82, 2.24) is 0 Å². The Morgan fingerprint density at radius 1 is 1.11 bits per heavy atom. The van der Waals surface area contributed by atoms with Gasteiger partial charge in [-0.2, -0.15) is 0 Å². The van der Waals surface area contributed by atoms with Crippen LogP contribution < -0.4 is 0 Å². The molecule has 0 radical (unpaired) electrons. The Balaban J connectivity index is 2.04. The van der Waals surface area contributed by atoms with Gasteiger partial charge in [0.2, 0.25) is 0 Å². The third kappa shape index (κ3) is 3.31. The summed E-state index contributed by atoms with van der Waals surface area (Å²) in [6, 6.07) is 0. The molecule has 110 valence electrons. The lowest BCUT2D eigenvalue weighted by Gasteiger charge is -2.42. The van der Waals surface area contributed by atoms with E-state index in [2.05, 4.69) is 27.7 Å². The first-order valence-corrected chi connectivity index (χ1v) is 7.56. The summed E-state index contributed by atoms with van der Waals surface area (Å²) in [5.41, 5.74) is -0.312. The number of ether oxygens (including phenoxy) is 1. The van der Waals surface area contributed by atoms with Crippen LogP contribution in [0.5, 0.6) is 0 Å². The number of hydrogen-bond acceptors (Lipinski definition) is 2. The molecule has 0 bridgehead atoms. The molecule has 1 heterocycles. The molecule has 1 atom stereocenters. The third-order valence-electron chi connectivity index (χ3n) is 5.19. The van der Waals surface area contributed by atoms with Crippen LogP contribution >= 0.6 is 0 Å². The van der Waals surface area contributed by atoms with Gasteiger partial charge in [0.05, 0.1) is 17.1 Å². The number of carbonyl (C=O) groups is 1. The van der Waals surface area contributed by atoms with Crippen LogP contribution in [0, 0.1) is 10.8 Å². The fourth-order valence-corrected chi connectivity index (χ4v) is 3.57. The molecule has 1 aliphatic heterocycles. The maximum absolute atomic E-state index is 11.8. The van der Waals surface area contributed by atoms with Crippen LogP contribution in [0.15, 0.2) is 0 Å². The Morgan fingerprint density at radius 2 is 1.68 bits per heavy atom. The second-order valence-corrected chi connectivity index (χ2v) is 7.99. The molecular formula is C16H28O3. The molecule has 2 aliphatic rings. The summed E-state index contributed by atoms with van der Waals surface area (Å²) in [4.78, 5) is 11.8. The zero-order valence-electron chi connectivity index (χ0n) is 12.8. The quantitative estimate of drug-likeness (QED) is 0.841. The van der Waals surface area contributed by atoms with Crippen molar-refractivity contribution in [3.63, 3.8) is 0 Å². The summed E-state index contributed by atoms with van der Waals surface area (Å²) in [6.07, 6.45) is 6.50. The molecule has 0 aromatic rings. The molecule has 2 rings (SSSR count). The lowest BCUT2D eigenvalue weighted by molar-refractivity contribution is -0.156. The minimum atomic E-state index is -0.615. The predicted octanol–water partition coefficient (Wildman–Crippen LogP) is 4.01. The van der Waals surface area contributed by atoms with Gasteiger partial charge in [-0.3, -0.25) is 4.79 Å². The molecule has 0 aromatic carbocycles. The monoisotopic (exact) mass is 268 g/mol. The highest BCUT2D eigenvalue weighted by Gasteiger charge is 2.47. The van der Waals surface area contributed by atoms with Crippen molar-refractivity contribution in [2.45, 2.75) is 84.3 Å². The van der Waals surface area contributed by atoms with Gasteiger partial charge in [0.1, 0.15) is 0 Å². The first-order valence-electron chi connectivity index (χ1n) is 7.56. The lowest BCUT2D eigenvalue weighted by atomic mass is 9.63. The average Bonchev–Trinajstić information content (AvgIpc) is 2.61. The van der Waals surface area contributed by atoms with E-state index < -0.39 is 11.4 Å². The highest BCUT2D eigenvalue weighted by atomic mass is 16.5. The van der Waals surface area contributed by atoms with E-state index in [0.717, 1.165) is 38.5 Å². The van der Waals surface area contributed by atoms with E-state index in [9.17, 15) is 9.90 Å². The Labute approximate surface area is 116 Å². The van der Waals surface area contributed by atoms with E-state index >= 15 is 0 Å². The van der Waals surface area contributed by atoms with Gasteiger partial charge in [-0.05, 0) is 64.2 Å². The largest absolute Gasteiger partial charge is 0.481 e. The number of aliphatic carboxylic acids is 1. The fraction of sp³-hybridized carbons (Fsp3) is 0.938. The highest BCUT2D eigenvalue weighted by Crippen LogP contribution is 2.49. The second kappa shape index (κ2) is 4.76. The zero-order valence-corrected chi connectivity index (χ0v) is 12.8. The van der Waals surface area contributed by atoms with E-state index in [-0.39, 0.29) is 11.7 Å². The van der Waals surface area contributed by atoms with Crippen molar-refractivity contribution in [2.75, 3.05) is 0 Å². The smallest absolute Gasteiger partial charge is 0.309 e. The summed E-state index contributed by atoms with van der Waals surface area (Å²) < 4.78 is 6.02. The van der Waals surface area contributed by atoms with E-state index in [1.165, 1.54) is 0 Å². The van der Waals surface area contributed by atoms with Gasteiger partial charge < -0.3 is 9.84 Å². The van der Waals surface area contributed by atoms with Crippen LogP contribution in [0.2, 0.25) is 0 Å². The molecule has 1 aliphatic carbocycles. The lowest BCUT2D eigenvalue weighted by Crippen LogP contribution is -2.40. The number of rotatable bonds is 3. The zero-order chi connectivity index (χ0) is 14.3. The first kappa shape index (κ1) is 14.8. The second-order valence-electron chi connectivity index (χ2n) is 7.99. The van der Waals surface area contributed by atoms with Gasteiger partial charge in [0.15, 0.2) is 0 Å². The number of carboxylic acids is 1.